The minimum atomic E-state index is 0. The first-order chi connectivity index (χ1) is 8.36. The van der Waals surface area contributed by atoms with Gasteiger partial charge in [-0.3, -0.25) is 0 Å². The van der Waals surface area contributed by atoms with Crippen LogP contribution in [0.25, 0.3) is 0 Å². The van der Waals surface area contributed by atoms with Gasteiger partial charge in [-0.2, -0.15) is 0 Å². The van der Waals surface area contributed by atoms with Crippen molar-refractivity contribution < 1.29 is 0 Å². The second kappa shape index (κ2) is 7.41. The molecule has 0 spiro atoms. The highest BCUT2D eigenvalue weighted by Gasteiger charge is 2.31. The molecule has 0 bridgehead atoms. The normalized spacial score (nSPS) is 24.5. The van der Waals surface area contributed by atoms with Gasteiger partial charge in [0.25, 0.3) is 0 Å². The molecule has 108 valence electrons. The Hall–Kier alpha value is -0.380. The number of piperidine rings is 1. The maximum Gasteiger partial charge on any atom is 0.128 e. The second-order valence-electron chi connectivity index (χ2n) is 5.38. The van der Waals surface area contributed by atoms with E-state index in [0.29, 0.717) is 6.04 Å². The zero-order valence-electron chi connectivity index (χ0n) is 11.4. The van der Waals surface area contributed by atoms with Crippen LogP contribution in [0, 0.1) is 5.92 Å². The summed E-state index contributed by atoms with van der Waals surface area (Å²) in [5, 5.41) is 3.65. The highest BCUT2D eigenvalue weighted by atomic mass is 35.5. The number of hydrogen-bond acceptors (Lipinski definition) is 3. The molecule has 5 heteroatoms. The van der Waals surface area contributed by atoms with Crippen molar-refractivity contribution in [1.29, 1.82) is 0 Å². The SMILES string of the molecule is CCCc1ncc2c(n1)CC1CCCNC1C2.Cl.Cl. The molecule has 19 heavy (non-hydrogen) atoms. The first-order valence-electron chi connectivity index (χ1n) is 6.94. The summed E-state index contributed by atoms with van der Waals surface area (Å²) in [6.07, 6.45) is 9.19. The molecule has 3 rings (SSSR count). The van der Waals surface area contributed by atoms with Gasteiger partial charge in [-0.15, -0.1) is 24.8 Å². The van der Waals surface area contributed by atoms with Gasteiger partial charge in [0.2, 0.25) is 0 Å². The minimum Gasteiger partial charge on any atom is -0.313 e. The number of rotatable bonds is 2. The molecule has 0 radical (unpaired) electrons. The van der Waals surface area contributed by atoms with Crippen LogP contribution in [-0.2, 0) is 19.3 Å². The molecule has 2 heterocycles. The van der Waals surface area contributed by atoms with Crippen LogP contribution in [0.1, 0.15) is 43.3 Å². The summed E-state index contributed by atoms with van der Waals surface area (Å²) < 4.78 is 0. The van der Waals surface area contributed by atoms with E-state index >= 15 is 0 Å². The van der Waals surface area contributed by atoms with Gasteiger partial charge in [0, 0.05) is 24.4 Å². The van der Waals surface area contributed by atoms with E-state index in [2.05, 4.69) is 23.4 Å². The Kier molecular flexibility index (Phi) is 6.51. The first-order valence-corrected chi connectivity index (χ1v) is 6.94. The van der Waals surface area contributed by atoms with Crippen LogP contribution in [0.4, 0.5) is 0 Å². The molecule has 1 aromatic rings. The molecule has 1 fully saturated rings. The lowest BCUT2D eigenvalue weighted by Gasteiger charge is -2.36. The maximum atomic E-state index is 4.76. The van der Waals surface area contributed by atoms with Crippen molar-refractivity contribution in [2.75, 3.05) is 6.54 Å². The Balaban J connectivity index is 0.000000902. The number of fused-ring (bicyclic) bond motifs is 2. The third-order valence-electron chi connectivity index (χ3n) is 4.10. The molecule has 0 saturated carbocycles. The van der Waals surface area contributed by atoms with Crippen LogP contribution in [0.5, 0.6) is 0 Å². The van der Waals surface area contributed by atoms with Crippen LogP contribution in [0.2, 0.25) is 0 Å². The van der Waals surface area contributed by atoms with Crippen molar-refractivity contribution >= 4 is 24.8 Å². The lowest BCUT2D eigenvalue weighted by molar-refractivity contribution is 0.260. The first kappa shape index (κ1) is 16.7. The van der Waals surface area contributed by atoms with E-state index in [1.807, 2.05) is 0 Å². The van der Waals surface area contributed by atoms with Gasteiger partial charge in [0.15, 0.2) is 0 Å². The number of halogens is 2. The fraction of sp³-hybridized carbons (Fsp3) is 0.714. The van der Waals surface area contributed by atoms with Crippen molar-refractivity contribution in [3.05, 3.63) is 23.3 Å². The summed E-state index contributed by atoms with van der Waals surface area (Å²) in [7, 11) is 0. The molecule has 1 aromatic heterocycles. The molecule has 2 atom stereocenters. The molecular formula is C14H23Cl2N3. The second-order valence-corrected chi connectivity index (χ2v) is 5.38. The Bertz CT molecular complexity index is 412. The fourth-order valence-corrected chi connectivity index (χ4v) is 3.16. The largest absolute Gasteiger partial charge is 0.313 e. The van der Waals surface area contributed by atoms with Crippen molar-refractivity contribution in [2.45, 2.75) is 51.5 Å². The minimum absolute atomic E-state index is 0. The Morgan fingerprint density at radius 1 is 1.32 bits per heavy atom. The van der Waals surface area contributed by atoms with Crippen LogP contribution in [0.3, 0.4) is 0 Å². The van der Waals surface area contributed by atoms with Gasteiger partial charge in [0.1, 0.15) is 5.82 Å². The summed E-state index contributed by atoms with van der Waals surface area (Å²) in [5.41, 5.74) is 2.70. The maximum absolute atomic E-state index is 4.76. The molecular weight excluding hydrogens is 281 g/mol. The fourth-order valence-electron chi connectivity index (χ4n) is 3.16. The Morgan fingerprint density at radius 2 is 2.16 bits per heavy atom. The molecule has 2 aliphatic rings. The van der Waals surface area contributed by atoms with E-state index in [-0.39, 0.29) is 24.8 Å². The van der Waals surface area contributed by atoms with Gasteiger partial charge in [-0.05, 0) is 50.1 Å². The van der Waals surface area contributed by atoms with E-state index in [1.165, 1.54) is 30.6 Å². The Labute approximate surface area is 127 Å². The number of nitrogens with zero attached hydrogens (tertiary/aromatic N) is 2. The zero-order chi connectivity index (χ0) is 11.7. The standard InChI is InChI=1S/C14H21N3.2ClH/c1-2-4-14-16-9-11-8-12-10(5-3-6-15-12)7-13(11)17-14;;/h9-10,12,15H,2-8H2,1H3;2*1H. The van der Waals surface area contributed by atoms with Gasteiger partial charge in [-0.1, -0.05) is 6.92 Å². The molecule has 1 N–H and O–H groups in total. The number of aromatic nitrogens is 2. The van der Waals surface area contributed by atoms with Gasteiger partial charge < -0.3 is 5.32 Å². The van der Waals surface area contributed by atoms with Gasteiger partial charge in [0.05, 0.1) is 0 Å². The van der Waals surface area contributed by atoms with Crippen molar-refractivity contribution in [1.82, 2.24) is 15.3 Å². The summed E-state index contributed by atoms with van der Waals surface area (Å²) in [6.45, 7) is 3.37. The lowest BCUT2D eigenvalue weighted by Crippen LogP contribution is -2.46. The van der Waals surface area contributed by atoms with Crippen molar-refractivity contribution in [2.24, 2.45) is 5.92 Å². The van der Waals surface area contributed by atoms with Gasteiger partial charge in [-0.25, -0.2) is 9.97 Å². The van der Waals surface area contributed by atoms with Gasteiger partial charge >= 0.3 is 0 Å². The average Bonchev–Trinajstić information content (AvgIpc) is 2.36. The van der Waals surface area contributed by atoms with E-state index < -0.39 is 0 Å². The van der Waals surface area contributed by atoms with Crippen LogP contribution in [0.15, 0.2) is 6.20 Å². The van der Waals surface area contributed by atoms with Crippen LogP contribution in [-0.4, -0.2) is 22.6 Å². The molecule has 0 aromatic carbocycles. The quantitative estimate of drug-likeness (QED) is 0.913. The van der Waals surface area contributed by atoms with E-state index in [9.17, 15) is 0 Å². The van der Waals surface area contributed by atoms with E-state index in [1.54, 1.807) is 0 Å². The Morgan fingerprint density at radius 3 is 2.95 bits per heavy atom. The summed E-state index contributed by atoms with van der Waals surface area (Å²) in [4.78, 5) is 9.24. The van der Waals surface area contributed by atoms with E-state index in [4.69, 9.17) is 4.98 Å². The smallest absolute Gasteiger partial charge is 0.128 e. The summed E-state index contributed by atoms with van der Waals surface area (Å²) in [6, 6.07) is 0.678. The topological polar surface area (TPSA) is 37.8 Å². The molecule has 2 unspecified atom stereocenters. The predicted octanol–water partition coefficient (Wildman–Crippen LogP) is 2.74. The third kappa shape index (κ3) is 3.59. The third-order valence-corrected chi connectivity index (χ3v) is 4.10. The molecule has 1 saturated heterocycles. The monoisotopic (exact) mass is 303 g/mol. The average molecular weight is 304 g/mol. The zero-order valence-corrected chi connectivity index (χ0v) is 13.0. The predicted molar refractivity (Wildman–Crippen MR) is 82.4 cm³/mol. The highest BCUT2D eigenvalue weighted by Crippen LogP contribution is 2.29. The number of aryl methyl sites for hydroxylation is 1. The molecule has 3 nitrogen and oxygen atoms in total. The summed E-state index contributed by atoms with van der Waals surface area (Å²) >= 11 is 0. The van der Waals surface area contributed by atoms with Crippen molar-refractivity contribution in [3.8, 4) is 0 Å². The molecule has 1 aliphatic heterocycles. The van der Waals surface area contributed by atoms with E-state index in [0.717, 1.165) is 37.4 Å². The molecule has 0 amide bonds. The molecule has 1 aliphatic carbocycles. The highest BCUT2D eigenvalue weighted by molar-refractivity contribution is 5.85. The van der Waals surface area contributed by atoms with Crippen LogP contribution < -0.4 is 5.32 Å². The van der Waals surface area contributed by atoms with Crippen molar-refractivity contribution in [3.63, 3.8) is 0 Å². The lowest BCUT2D eigenvalue weighted by atomic mass is 9.78. The summed E-state index contributed by atoms with van der Waals surface area (Å²) in [5.74, 6) is 1.84. The number of nitrogens with one attached hydrogen (secondary N) is 1. The number of hydrogen-bond donors (Lipinski definition) is 1. The van der Waals surface area contributed by atoms with Crippen LogP contribution >= 0.6 is 24.8 Å².